The number of thiol groups is 1. The Labute approximate surface area is 119 Å². The van der Waals surface area contributed by atoms with Crippen LogP contribution in [-0.2, 0) is 19.1 Å². The molecule has 0 aliphatic heterocycles. The quantitative estimate of drug-likeness (QED) is 0.343. The van der Waals surface area contributed by atoms with Crippen molar-refractivity contribution in [3.8, 4) is 0 Å². The van der Waals surface area contributed by atoms with Crippen LogP contribution < -0.4 is 5.32 Å². The van der Waals surface area contributed by atoms with E-state index in [1.54, 1.807) is 6.92 Å². The Balaban J connectivity index is 3.90. The van der Waals surface area contributed by atoms with Gasteiger partial charge in [-0.3, -0.25) is 19.3 Å². The Bertz CT molecular complexity index is 297. The van der Waals surface area contributed by atoms with Gasteiger partial charge in [0.2, 0.25) is 18.2 Å². The van der Waals surface area contributed by atoms with Gasteiger partial charge < -0.3 is 10.1 Å². The summed E-state index contributed by atoms with van der Waals surface area (Å²) in [5.74, 6) is -0.530. The molecule has 0 spiro atoms. The number of nitrogens with one attached hydrogen (secondary N) is 1. The minimum absolute atomic E-state index is 0.0866. The minimum Gasteiger partial charge on any atom is -0.380 e. The molecule has 0 saturated heterocycles. The van der Waals surface area contributed by atoms with Gasteiger partial charge in [0.05, 0.1) is 6.61 Å². The summed E-state index contributed by atoms with van der Waals surface area (Å²) in [4.78, 5) is 34.8. The van der Waals surface area contributed by atoms with E-state index in [1.165, 1.54) is 0 Å². The Morgan fingerprint density at radius 3 is 2.68 bits per heavy atom. The number of ether oxygens (including phenoxy) is 1. The van der Waals surface area contributed by atoms with Crippen LogP contribution in [0, 0.1) is 0 Å². The summed E-state index contributed by atoms with van der Waals surface area (Å²) < 4.78 is 5.07. The van der Waals surface area contributed by atoms with Crippen LogP contribution in [0.3, 0.4) is 0 Å². The number of carbonyl (C=O) groups excluding carboxylic acids is 3. The zero-order chi connectivity index (χ0) is 14.7. The Hall–Kier alpha value is -1.08. The third-order valence-corrected chi connectivity index (χ3v) is 2.45. The first kappa shape index (κ1) is 17.9. The number of hydrogen-bond acceptors (Lipinski definition) is 5. The summed E-state index contributed by atoms with van der Waals surface area (Å²) in [5.41, 5.74) is 0. The molecule has 7 heteroatoms. The highest BCUT2D eigenvalue weighted by Crippen LogP contribution is 2.03. The lowest BCUT2D eigenvalue weighted by Gasteiger charge is -2.16. The van der Waals surface area contributed by atoms with Gasteiger partial charge >= 0.3 is 0 Å². The predicted molar refractivity (Wildman–Crippen MR) is 75.0 cm³/mol. The molecule has 1 unspecified atom stereocenters. The smallest absolute Gasteiger partial charge is 0.230 e. The van der Waals surface area contributed by atoms with Gasteiger partial charge in [0.1, 0.15) is 0 Å². The van der Waals surface area contributed by atoms with Crippen LogP contribution in [0.4, 0.5) is 0 Å². The third-order valence-electron chi connectivity index (χ3n) is 2.27. The van der Waals surface area contributed by atoms with E-state index >= 15 is 0 Å². The van der Waals surface area contributed by atoms with Crippen LogP contribution in [0.2, 0.25) is 0 Å². The van der Waals surface area contributed by atoms with E-state index in [4.69, 9.17) is 4.74 Å². The fraction of sp³-hybridized carbons (Fsp3) is 0.750. The van der Waals surface area contributed by atoms with Gasteiger partial charge in [-0.1, -0.05) is 6.92 Å². The van der Waals surface area contributed by atoms with E-state index in [0.717, 1.165) is 4.90 Å². The Morgan fingerprint density at radius 1 is 1.47 bits per heavy atom. The van der Waals surface area contributed by atoms with Gasteiger partial charge in [-0.15, -0.1) is 0 Å². The largest absolute Gasteiger partial charge is 0.380 e. The van der Waals surface area contributed by atoms with Crippen molar-refractivity contribution in [3.05, 3.63) is 0 Å². The molecule has 110 valence electrons. The van der Waals surface area contributed by atoms with Crippen molar-refractivity contribution in [1.29, 1.82) is 0 Å². The van der Waals surface area contributed by atoms with Crippen LogP contribution in [0.5, 0.6) is 0 Å². The number of amides is 3. The molecule has 0 aromatic rings. The second-order valence-electron chi connectivity index (χ2n) is 4.04. The van der Waals surface area contributed by atoms with Gasteiger partial charge in [0, 0.05) is 37.8 Å². The molecule has 3 amide bonds. The van der Waals surface area contributed by atoms with Gasteiger partial charge in [0.25, 0.3) is 0 Å². The van der Waals surface area contributed by atoms with E-state index in [2.05, 4.69) is 17.9 Å². The Morgan fingerprint density at radius 2 is 2.16 bits per heavy atom. The first-order valence-corrected chi connectivity index (χ1v) is 6.80. The average Bonchev–Trinajstić information content (AvgIpc) is 2.34. The molecule has 1 N–H and O–H groups in total. The van der Waals surface area contributed by atoms with Crippen molar-refractivity contribution in [1.82, 2.24) is 10.2 Å². The normalized spacial score (nSPS) is 11.7. The zero-order valence-corrected chi connectivity index (χ0v) is 12.3. The van der Waals surface area contributed by atoms with Gasteiger partial charge in [-0.05, 0) is 6.92 Å². The highest BCUT2D eigenvalue weighted by molar-refractivity contribution is 7.80. The number of imide groups is 1. The molecular weight excluding hydrogens is 268 g/mol. The van der Waals surface area contributed by atoms with Crippen LogP contribution in [0.15, 0.2) is 0 Å². The van der Waals surface area contributed by atoms with E-state index in [9.17, 15) is 14.4 Å². The predicted octanol–water partition coefficient (Wildman–Crippen LogP) is 0.223. The fourth-order valence-corrected chi connectivity index (χ4v) is 1.48. The van der Waals surface area contributed by atoms with Gasteiger partial charge in [0.15, 0.2) is 0 Å². The molecule has 0 aliphatic rings. The number of carbonyl (C=O) groups is 3. The molecule has 0 aliphatic carbocycles. The van der Waals surface area contributed by atoms with Crippen molar-refractivity contribution in [3.63, 3.8) is 0 Å². The number of rotatable bonds is 10. The number of nitrogens with zero attached hydrogens (tertiary/aromatic N) is 1. The molecule has 0 rings (SSSR count). The summed E-state index contributed by atoms with van der Waals surface area (Å²) >= 11 is 4.09. The molecule has 1 atom stereocenters. The summed E-state index contributed by atoms with van der Waals surface area (Å²) in [5, 5.41) is 2.53. The Kier molecular flexibility index (Phi) is 10.2. The highest BCUT2D eigenvalue weighted by Gasteiger charge is 2.15. The fourth-order valence-electron chi connectivity index (χ4n) is 1.32. The second kappa shape index (κ2) is 10.8. The maximum Gasteiger partial charge on any atom is 0.230 e. The monoisotopic (exact) mass is 290 g/mol. The summed E-state index contributed by atoms with van der Waals surface area (Å²) in [6.45, 7) is 5.21. The molecule has 0 saturated carbocycles. The molecule has 0 bridgehead atoms. The van der Waals surface area contributed by atoms with Crippen molar-refractivity contribution in [2.24, 2.45) is 0 Å². The van der Waals surface area contributed by atoms with Gasteiger partial charge in [-0.25, -0.2) is 0 Å². The second-order valence-corrected chi connectivity index (χ2v) is 4.92. The molecular formula is C12H22N2O4S. The lowest BCUT2D eigenvalue weighted by atomic mass is 10.3. The van der Waals surface area contributed by atoms with Crippen LogP contribution in [0.25, 0.3) is 0 Å². The zero-order valence-electron chi connectivity index (χ0n) is 11.4. The first-order valence-electron chi connectivity index (χ1n) is 6.28. The average molecular weight is 290 g/mol. The number of hydrogen-bond donors (Lipinski definition) is 2. The van der Waals surface area contributed by atoms with E-state index in [-0.39, 0.29) is 36.5 Å². The van der Waals surface area contributed by atoms with Crippen molar-refractivity contribution in [2.45, 2.75) is 31.9 Å². The minimum atomic E-state index is -0.320. The molecule has 19 heavy (non-hydrogen) atoms. The van der Waals surface area contributed by atoms with Gasteiger partial charge in [-0.2, -0.15) is 12.6 Å². The van der Waals surface area contributed by atoms with Crippen LogP contribution in [0.1, 0.15) is 26.7 Å². The van der Waals surface area contributed by atoms with E-state index < -0.39 is 0 Å². The van der Waals surface area contributed by atoms with Crippen molar-refractivity contribution >= 4 is 30.9 Å². The molecule has 6 nitrogen and oxygen atoms in total. The van der Waals surface area contributed by atoms with Crippen LogP contribution in [-0.4, -0.2) is 54.7 Å². The molecule has 0 fully saturated rings. The highest BCUT2D eigenvalue weighted by atomic mass is 32.1. The van der Waals surface area contributed by atoms with E-state index in [1.807, 2.05) is 6.92 Å². The van der Waals surface area contributed by atoms with E-state index in [0.29, 0.717) is 26.2 Å². The first-order chi connectivity index (χ1) is 9.01. The van der Waals surface area contributed by atoms with Crippen LogP contribution >= 0.6 is 12.6 Å². The molecule has 0 radical (unpaired) electrons. The lowest BCUT2D eigenvalue weighted by Crippen LogP contribution is -2.35. The summed E-state index contributed by atoms with van der Waals surface area (Å²) in [7, 11) is 0. The molecule has 0 heterocycles. The topological polar surface area (TPSA) is 75.7 Å². The molecule has 0 aromatic heterocycles. The summed E-state index contributed by atoms with van der Waals surface area (Å²) in [6, 6.07) is 0. The third kappa shape index (κ3) is 9.49. The molecule has 0 aromatic carbocycles. The standard InChI is InChI=1S/C12H22N2O4S/c1-3-18-7-5-13-11(16)4-6-14(9-15)12(17)8-10(2)19/h9-10,19H,3-8H2,1-2H3,(H,13,16). The maximum absolute atomic E-state index is 11.6. The SMILES string of the molecule is CCOCCNC(=O)CCN(C=O)C(=O)CC(C)S. The lowest BCUT2D eigenvalue weighted by molar-refractivity contribution is -0.138. The maximum atomic E-state index is 11.6. The van der Waals surface area contributed by atoms with Crippen molar-refractivity contribution in [2.75, 3.05) is 26.3 Å². The summed E-state index contributed by atoms with van der Waals surface area (Å²) in [6.07, 6.45) is 0.720. The van der Waals surface area contributed by atoms with Crippen molar-refractivity contribution < 1.29 is 19.1 Å².